The highest BCUT2D eigenvalue weighted by Gasteiger charge is 2.34. The summed E-state index contributed by atoms with van der Waals surface area (Å²) < 4.78 is 21.5. The zero-order chi connectivity index (χ0) is 19.4. The third-order valence-corrected chi connectivity index (χ3v) is 4.93. The topological polar surface area (TPSA) is 108 Å². The number of nitrogens with one attached hydrogen (secondary N) is 1. The van der Waals surface area contributed by atoms with Crippen molar-refractivity contribution in [2.75, 3.05) is 13.2 Å². The van der Waals surface area contributed by atoms with Gasteiger partial charge in [0.15, 0.2) is 11.5 Å². The minimum Gasteiger partial charge on any atom is -0.486 e. The molecule has 0 spiro atoms. The Morgan fingerprint density at radius 3 is 2.50 bits per heavy atom. The molecule has 1 N–H and O–H groups in total. The Morgan fingerprint density at radius 1 is 0.964 bits per heavy atom. The number of H-pyrrole nitrogens is 1. The Balaban J connectivity index is 1.72. The Hall–Kier alpha value is -3.55. The number of rotatable bonds is 1. The summed E-state index contributed by atoms with van der Waals surface area (Å²) in [6.45, 7) is 2.47. The van der Waals surface area contributed by atoms with E-state index in [1.54, 1.807) is 25.1 Å². The van der Waals surface area contributed by atoms with Crippen molar-refractivity contribution in [1.29, 1.82) is 0 Å². The Kier molecular flexibility index (Phi) is 3.55. The number of carbonyl (C=O) groups is 1. The first-order valence-electron chi connectivity index (χ1n) is 8.81. The van der Waals surface area contributed by atoms with Gasteiger partial charge in [0.25, 0.3) is 5.56 Å². The highest BCUT2D eigenvalue weighted by molar-refractivity contribution is 5.84. The fraction of sp³-hybridized carbons (Fsp3) is 0.250. The smallest absolute Gasteiger partial charge is 0.343 e. The van der Waals surface area contributed by atoms with Gasteiger partial charge in [0.05, 0.1) is 17.5 Å². The summed E-state index contributed by atoms with van der Waals surface area (Å²) in [6, 6.07) is 6.62. The molecule has 4 heterocycles. The molecular weight excluding hydrogens is 366 g/mol. The lowest BCUT2D eigenvalue weighted by Gasteiger charge is -2.23. The lowest BCUT2D eigenvalue weighted by Crippen LogP contribution is -2.30. The number of aromatic amines is 1. The van der Waals surface area contributed by atoms with Crippen LogP contribution in [0.4, 0.5) is 0 Å². The number of carbonyl (C=O) groups excluding carboxylic acids is 1. The van der Waals surface area contributed by atoms with Crippen LogP contribution in [0.1, 0.15) is 29.2 Å². The molecule has 2 aliphatic rings. The van der Waals surface area contributed by atoms with Crippen molar-refractivity contribution in [3.05, 3.63) is 61.9 Å². The third kappa shape index (κ3) is 2.57. The highest BCUT2D eigenvalue weighted by atomic mass is 16.6. The molecule has 0 fully saturated rings. The fourth-order valence-corrected chi connectivity index (χ4v) is 3.71. The first-order chi connectivity index (χ1) is 13.5. The van der Waals surface area contributed by atoms with E-state index in [0.29, 0.717) is 46.9 Å². The summed E-state index contributed by atoms with van der Waals surface area (Å²) in [5.41, 5.74) is 0.0300. The normalized spacial score (nSPS) is 17.9. The molecule has 28 heavy (non-hydrogen) atoms. The number of ether oxygens (including phenoxy) is 3. The van der Waals surface area contributed by atoms with Crippen LogP contribution in [0.25, 0.3) is 10.9 Å². The van der Waals surface area contributed by atoms with Crippen LogP contribution < -0.4 is 25.4 Å². The van der Waals surface area contributed by atoms with Gasteiger partial charge in [-0.15, -0.1) is 0 Å². The maximum atomic E-state index is 12.8. The predicted molar refractivity (Wildman–Crippen MR) is 97.4 cm³/mol. The van der Waals surface area contributed by atoms with E-state index in [4.69, 9.17) is 18.6 Å². The maximum Gasteiger partial charge on any atom is 0.343 e. The number of hydrogen-bond acceptors (Lipinski definition) is 7. The van der Waals surface area contributed by atoms with Crippen LogP contribution in [0.2, 0.25) is 0 Å². The van der Waals surface area contributed by atoms with E-state index in [1.165, 1.54) is 6.07 Å². The van der Waals surface area contributed by atoms with Gasteiger partial charge >= 0.3 is 11.6 Å². The van der Waals surface area contributed by atoms with E-state index in [-0.39, 0.29) is 17.7 Å². The third-order valence-electron chi connectivity index (χ3n) is 4.93. The molecule has 0 saturated carbocycles. The summed E-state index contributed by atoms with van der Waals surface area (Å²) in [6.07, 6.45) is -0.125. The predicted octanol–water partition coefficient (Wildman–Crippen LogP) is 2.00. The van der Waals surface area contributed by atoms with Gasteiger partial charge in [-0.1, -0.05) is 0 Å². The molecular formula is C20H15NO7. The van der Waals surface area contributed by atoms with E-state index in [0.717, 1.165) is 0 Å². The second kappa shape index (κ2) is 5.98. The average molecular weight is 381 g/mol. The van der Waals surface area contributed by atoms with Crippen molar-refractivity contribution in [3.63, 3.8) is 0 Å². The van der Waals surface area contributed by atoms with Crippen LogP contribution in [0.5, 0.6) is 17.2 Å². The number of fused-ring (bicyclic) bond motifs is 3. The number of pyridine rings is 1. The summed E-state index contributed by atoms with van der Waals surface area (Å²) >= 11 is 0. The molecule has 0 saturated heterocycles. The molecule has 3 aromatic rings. The number of aryl methyl sites for hydroxylation is 1. The zero-order valence-electron chi connectivity index (χ0n) is 14.9. The first kappa shape index (κ1) is 16.6. The lowest BCUT2D eigenvalue weighted by molar-refractivity contribution is -0.135. The molecule has 1 aromatic carbocycles. The summed E-state index contributed by atoms with van der Waals surface area (Å²) in [5.74, 6) is 0.337. The van der Waals surface area contributed by atoms with E-state index >= 15 is 0 Å². The van der Waals surface area contributed by atoms with Crippen molar-refractivity contribution in [1.82, 2.24) is 4.98 Å². The lowest BCUT2D eigenvalue weighted by atomic mass is 9.87. The van der Waals surface area contributed by atoms with Gasteiger partial charge in [0.1, 0.15) is 24.7 Å². The van der Waals surface area contributed by atoms with Crippen molar-refractivity contribution >= 4 is 16.9 Å². The maximum absolute atomic E-state index is 12.8. The molecule has 5 rings (SSSR count). The molecule has 2 aliphatic heterocycles. The molecule has 0 unspecified atom stereocenters. The highest BCUT2D eigenvalue weighted by Crippen LogP contribution is 2.38. The number of benzene rings is 1. The van der Waals surface area contributed by atoms with Gasteiger partial charge in [-0.2, -0.15) is 0 Å². The molecule has 8 heteroatoms. The van der Waals surface area contributed by atoms with Gasteiger partial charge < -0.3 is 23.6 Å². The molecule has 0 amide bonds. The standard InChI is InChI=1S/C20H15NO7/c1-9-4-16-18(20(24)27-9)11(7-17(22)28-16)12-5-10-6-14-15(26-3-2-25-14)8-13(10)21-19(12)23/h4-6,8,11H,2-3,7H2,1H3,(H,21,23)/t11-/m0/s1. The summed E-state index contributed by atoms with van der Waals surface area (Å²) in [4.78, 5) is 40.1. The summed E-state index contributed by atoms with van der Waals surface area (Å²) in [7, 11) is 0. The van der Waals surface area contributed by atoms with Crippen molar-refractivity contribution < 1.29 is 23.4 Å². The van der Waals surface area contributed by atoms with Crippen LogP contribution in [0.15, 0.2) is 38.3 Å². The SMILES string of the molecule is Cc1cc2c(c(=O)o1)[C@H](c1cc3cc4c(cc3[nH]c1=O)OCCO4)CC(=O)O2. The largest absolute Gasteiger partial charge is 0.486 e. The van der Waals surface area contributed by atoms with E-state index in [9.17, 15) is 14.4 Å². The van der Waals surface area contributed by atoms with E-state index in [2.05, 4.69) is 4.98 Å². The van der Waals surface area contributed by atoms with Crippen LogP contribution in [0.3, 0.4) is 0 Å². The van der Waals surface area contributed by atoms with Crippen LogP contribution in [-0.4, -0.2) is 24.2 Å². The molecule has 2 aromatic heterocycles. The molecule has 0 radical (unpaired) electrons. The number of aromatic nitrogens is 1. The second-order valence-electron chi connectivity index (χ2n) is 6.79. The van der Waals surface area contributed by atoms with Gasteiger partial charge in [0, 0.05) is 29.0 Å². The minimum absolute atomic E-state index is 0.125. The Morgan fingerprint density at radius 2 is 1.71 bits per heavy atom. The quantitative estimate of drug-likeness (QED) is 0.642. The number of esters is 1. The van der Waals surface area contributed by atoms with Crippen molar-refractivity contribution in [2.45, 2.75) is 19.3 Å². The van der Waals surface area contributed by atoms with E-state index < -0.39 is 23.1 Å². The van der Waals surface area contributed by atoms with Crippen LogP contribution in [-0.2, 0) is 4.79 Å². The van der Waals surface area contributed by atoms with Crippen LogP contribution >= 0.6 is 0 Å². The summed E-state index contributed by atoms with van der Waals surface area (Å²) in [5, 5.41) is 0.704. The Labute approximate surface area is 157 Å². The Bertz CT molecular complexity index is 1250. The first-order valence-corrected chi connectivity index (χ1v) is 8.81. The fourth-order valence-electron chi connectivity index (χ4n) is 3.71. The van der Waals surface area contributed by atoms with Gasteiger partial charge in [0.2, 0.25) is 0 Å². The molecule has 1 atom stereocenters. The van der Waals surface area contributed by atoms with Gasteiger partial charge in [-0.25, -0.2) is 4.79 Å². The molecule has 0 aliphatic carbocycles. The number of hydrogen-bond donors (Lipinski definition) is 1. The second-order valence-corrected chi connectivity index (χ2v) is 6.79. The molecule has 0 bridgehead atoms. The minimum atomic E-state index is -0.755. The molecule has 8 nitrogen and oxygen atoms in total. The van der Waals surface area contributed by atoms with Gasteiger partial charge in [-0.05, 0) is 19.1 Å². The van der Waals surface area contributed by atoms with Gasteiger partial charge in [-0.3, -0.25) is 9.59 Å². The zero-order valence-corrected chi connectivity index (χ0v) is 14.9. The van der Waals surface area contributed by atoms with Crippen molar-refractivity contribution in [3.8, 4) is 17.2 Å². The van der Waals surface area contributed by atoms with Crippen LogP contribution in [0, 0.1) is 6.92 Å². The van der Waals surface area contributed by atoms with Crippen molar-refractivity contribution in [2.24, 2.45) is 0 Å². The molecule has 142 valence electrons. The monoisotopic (exact) mass is 381 g/mol. The van der Waals surface area contributed by atoms with E-state index in [1.807, 2.05) is 0 Å². The average Bonchev–Trinajstić information content (AvgIpc) is 2.64.